The fourth-order valence-electron chi connectivity index (χ4n) is 4.62. The van der Waals surface area contributed by atoms with E-state index in [1.54, 1.807) is 67.1 Å². The molecule has 1 aliphatic heterocycles. The lowest BCUT2D eigenvalue weighted by atomic mass is 10.3. The van der Waals surface area contributed by atoms with Crippen molar-refractivity contribution in [2.45, 2.75) is 12.8 Å². The summed E-state index contributed by atoms with van der Waals surface area (Å²) < 4.78 is 6.15. The SMILES string of the molecule is Cn1cccc1C(=O)Nc1cc(C(=O)Nc2cc(C(=O)Nc3cc(C(=O)ON4C(=O)CCC4=O)n(C)c3)n(C)c2)n(C)c1. The second kappa shape index (κ2) is 11.2. The number of nitrogens with zero attached hydrogens (tertiary/aromatic N) is 5. The molecule has 43 heavy (non-hydrogen) atoms. The zero-order chi connectivity index (χ0) is 31.0. The van der Waals surface area contributed by atoms with Crippen molar-refractivity contribution in [1.82, 2.24) is 23.3 Å². The second-order valence-electron chi connectivity index (χ2n) is 10.0. The number of carbonyl (C=O) groups is 6. The second-order valence-corrected chi connectivity index (χ2v) is 10.0. The zero-order valence-corrected chi connectivity index (χ0v) is 23.7. The fourth-order valence-corrected chi connectivity index (χ4v) is 4.62. The first-order valence-electron chi connectivity index (χ1n) is 13.0. The quantitative estimate of drug-likeness (QED) is 0.264. The molecule has 0 atom stereocenters. The molecule has 1 saturated heterocycles. The summed E-state index contributed by atoms with van der Waals surface area (Å²) in [5, 5.41) is 8.64. The molecule has 0 unspecified atom stereocenters. The van der Waals surface area contributed by atoms with Crippen molar-refractivity contribution >= 4 is 52.6 Å². The fraction of sp³-hybridized carbons (Fsp3) is 0.214. The summed E-state index contributed by atoms with van der Waals surface area (Å²) >= 11 is 0. The van der Waals surface area contributed by atoms with Crippen molar-refractivity contribution in [3.05, 3.63) is 77.9 Å². The van der Waals surface area contributed by atoms with E-state index in [1.165, 1.54) is 34.5 Å². The first-order chi connectivity index (χ1) is 20.4. The van der Waals surface area contributed by atoms with E-state index in [0.717, 1.165) is 0 Å². The van der Waals surface area contributed by atoms with Gasteiger partial charge in [-0.05, 0) is 30.3 Å². The van der Waals surface area contributed by atoms with E-state index in [9.17, 15) is 28.8 Å². The Labute approximate surface area is 244 Å². The maximum Gasteiger partial charge on any atom is 0.380 e. The predicted octanol–water partition coefficient (Wildman–Crippen LogP) is 2.02. The smallest absolute Gasteiger partial charge is 0.347 e. The van der Waals surface area contributed by atoms with Crippen molar-refractivity contribution in [3.63, 3.8) is 0 Å². The molecule has 5 heterocycles. The van der Waals surface area contributed by atoms with Crippen LogP contribution in [0.3, 0.4) is 0 Å². The molecule has 0 spiro atoms. The molecular weight excluding hydrogens is 560 g/mol. The highest BCUT2D eigenvalue weighted by Crippen LogP contribution is 2.21. The van der Waals surface area contributed by atoms with Gasteiger partial charge in [-0.15, -0.1) is 5.06 Å². The van der Waals surface area contributed by atoms with Gasteiger partial charge in [0.25, 0.3) is 29.5 Å². The van der Waals surface area contributed by atoms with Crippen molar-refractivity contribution in [1.29, 1.82) is 0 Å². The van der Waals surface area contributed by atoms with Crippen LogP contribution in [0.5, 0.6) is 0 Å². The molecule has 0 radical (unpaired) electrons. The molecular formula is C28H28N8O7. The molecule has 5 amide bonds. The summed E-state index contributed by atoms with van der Waals surface area (Å²) in [6.07, 6.45) is 6.34. The zero-order valence-electron chi connectivity index (χ0n) is 23.7. The van der Waals surface area contributed by atoms with Gasteiger partial charge in [-0.3, -0.25) is 24.0 Å². The van der Waals surface area contributed by atoms with Gasteiger partial charge in [0.15, 0.2) is 0 Å². The van der Waals surface area contributed by atoms with Gasteiger partial charge in [-0.2, -0.15) is 0 Å². The Bertz CT molecular complexity index is 1790. The van der Waals surface area contributed by atoms with Crippen LogP contribution in [0.4, 0.5) is 17.1 Å². The average molecular weight is 589 g/mol. The van der Waals surface area contributed by atoms with Gasteiger partial charge in [0.2, 0.25) is 0 Å². The molecule has 15 nitrogen and oxygen atoms in total. The summed E-state index contributed by atoms with van der Waals surface area (Å²) in [5.74, 6) is -3.43. The molecule has 0 saturated carbocycles. The van der Waals surface area contributed by atoms with Crippen LogP contribution in [-0.2, 0) is 42.6 Å². The predicted molar refractivity (Wildman–Crippen MR) is 152 cm³/mol. The number of hydroxylamine groups is 2. The van der Waals surface area contributed by atoms with Gasteiger partial charge in [-0.25, -0.2) is 4.79 Å². The van der Waals surface area contributed by atoms with Crippen LogP contribution >= 0.6 is 0 Å². The Kier molecular flexibility index (Phi) is 7.46. The topological polar surface area (TPSA) is 171 Å². The number of amides is 5. The molecule has 1 fully saturated rings. The van der Waals surface area contributed by atoms with Gasteiger partial charge >= 0.3 is 5.97 Å². The Morgan fingerprint density at radius 2 is 1.05 bits per heavy atom. The van der Waals surface area contributed by atoms with Crippen molar-refractivity contribution < 1.29 is 33.6 Å². The van der Waals surface area contributed by atoms with Crippen LogP contribution in [0, 0.1) is 0 Å². The highest BCUT2D eigenvalue weighted by atomic mass is 16.7. The molecule has 4 aromatic heterocycles. The first-order valence-corrected chi connectivity index (χ1v) is 13.0. The highest BCUT2D eigenvalue weighted by molar-refractivity contribution is 6.08. The number of hydrogen-bond donors (Lipinski definition) is 3. The van der Waals surface area contributed by atoms with Gasteiger partial charge in [0.1, 0.15) is 22.8 Å². The molecule has 15 heteroatoms. The summed E-state index contributed by atoms with van der Waals surface area (Å²) in [5.41, 5.74) is 2.01. The number of anilines is 3. The van der Waals surface area contributed by atoms with E-state index < -0.39 is 29.6 Å². The number of imide groups is 1. The lowest BCUT2D eigenvalue weighted by Crippen LogP contribution is -2.32. The summed E-state index contributed by atoms with van der Waals surface area (Å²) in [6, 6.07) is 7.81. The maximum atomic E-state index is 13.0. The van der Waals surface area contributed by atoms with E-state index in [2.05, 4.69) is 16.0 Å². The van der Waals surface area contributed by atoms with E-state index in [0.29, 0.717) is 22.1 Å². The number of carbonyl (C=O) groups excluding carboxylic acids is 6. The van der Waals surface area contributed by atoms with Crippen molar-refractivity contribution in [3.8, 4) is 0 Å². The van der Waals surface area contributed by atoms with Crippen molar-refractivity contribution in [2.24, 2.45) is 28.2 Å². The Morgan fingerprint density at radius 1 is 0.628 bits per heavy atom. The van der Waals surface area contributed by atoms with Crippen LogP contribution in [0.25, 0.3) is 0 Å². The maximum absolute atomic E-state index is 13.0. The highest BCUT2D eigenvalue weighted by Gasteiger charge is 2.34. The Balaban J connectivity index is 1.22. The van der Waals surface area contributed by atoms with E-state index in [-0.39, 0.29) is 41.5 Å². The van der Waals surface area contributed by atoms with E-state index in [1.807, 2.05) is 0 Å². The molecule has 5 rings (SSSR count). The standard InChI is InChI=1S/C28H28N8O7/c1-32-9-5-6-19(32)25(39)29-16-10-20(33(2)13-16)26(40)30-17-11-21(34(3)14-17)27(41)31-18-12-22(35(4)15-18)28(42)43-36-23(37)7-8-24(36)38/h5-6,9-15H,7-8H2,1-4H3,(H,29,39)(H,30,40)(H,31,41). The molecule has 222 valence electrons. The minimum absolute atomic E-state index is 0.00409. The van der Waals surface area contributed by atoms with Crippen molar-refractivity contribution in [2.75, 3.05) is 16.0 Å². The van der Waals surface area contributed by atoms with Crippen LogP contribution in [-0.4, -0.2) is 58.8 Å². The first kappa shape index (κ1) is 28.7. The van der Waals surface area contributed by atoms with E-state index >= 15 is 0 Å². The number of hydrogen-bond acceptors (Lipinski definition) is 7. The lowest BCUT2D eigenvalue weighted by Gasteiger charge is -2.12. The number of aromatic nitrogens is 4. The van der Waals surface area contributed by atoms with Crippen LogP contribution in [0.15, 0.2) is 55.1 Å². The summed E-state index contributed by atoms with van der Waals surface area (Å²) in [4.78, 5) is 79.6. The normalized spacial score (nSPS) is 12.9. The molecule has 0 aromatic carbocycles. The van der Waals surface area contributed by atoms with Crippen LogP contribution in [0.1, 0.15) is 54.8 Å². The molecule has 1 aliphatic rings. The molecule has 3 N–H and O–H groups in total. The van der Waals surface area contributed by atoms with Crippen LogP contribution in [0.2, 0.25) is 0 Å². The van der Waals surface area contributed by atoms with E-state index in [4.69, 9.17) is 4.84 Å². The third kappa shape index (κ3) is 5.81. The number of nitrogens with one attached hydrogen (secondary N) is 3. The average Bonchev–Trinajstić information content (AvgIpc) is 3.75. The monoisotopic (exact) mass is 588 g/mol. The third-order valence-corrected chi connectivity index (χ3v) is 6.82. The van der Waals surface area contributed by atoms with Crippen LogP contribution < -0.4 is 16.0 Å². The summed E-state index contributed by atoms with van der Waals surface area (Å²) in [7, 11) is 6.59. The Hall–Kier alpha value is -5.86. The third-order valence-electron chi connectivity index (χ3n) is 6.82. The van der Waals surface area contributed by atoms with Gasteiger partial charge in [0.05, 0.1) is 17.1 Å². The van der Waals surface area contributed by atoms with Gasteiger partial charge in [-0.1, -0.05) is 0 Å². The largest absolute Gasteiger partial charge is 0.380 e. The minimum Gasteiger partial charge on any atom is -0.347 e. The van der Waals surface area contributed by atoms with Gasteiger partial charge < -0.3 is 39.1 Å². The van der Waals surface area contributed by atoms with Gasteiger partial charge in [0, 0.05) is 65.8 Å². The Morgan fingerprint density at radius 3 is 1.49 bits per heavy atom. The summed E-state index contributed by atoms with van der Waals surface area (Å²) in [6.45, 7) is 0. The molecule has 4 aromatic rings. The minimum atomic E-state index is -0.932. The molecule has 0 aliphatic carbocycles. The molecule has 0 bridgehead atoms. The lowest BCUT2D eigenvalue weighted by molar-refractivity contribution is -0.172. The number of aryl methyl sites for hydroxylation is 4. The number of rotatable bonds is 8.